The first-order chi connectivity index (χ1) is 8.58. The fraction of sp³-hybridized carbons (Fsp3) is 0.308. The highest BCUT2D eigenvalue weighted by Crippen LogP contribution is 2.14. The lowest BCUT2D eigenvalue weighted by atomic mass is 10.0. The number of nitrogens with two attached hydrogens (primary N) is 1. The van der Waals surface area contributed by atoms with Crippen LogP contribution in [0.25, 0.3) is 11.0 Å². The molecule has 0 fully saturated rings. The van der Waals surface area contributed by atoms with Gasteiger partial charge in [0, 0.05) is 0 Å². The number of carbonyl (C=O) groups excluding carboxylic acids is 1. The van der Waals surface area contributed by atoms with Crippen LogP contribution in [0.5, 0.6) is 0 Å². The molecule has 0 saturated heterocycles. The Morgan fingerprint density at radius 2 is 1.94 bits per heavy atom. The molecule has 5 heteroatoms. The fourth-order valence-corrected chi connectivity index (χ4v) is 1.75. The zero-order valence-corrected chi connectivity index (χ0v) is 10.4. The molecule has 1 heterocycles. The van der Waals surface area contributed by atoms with Crippen LogP contribution in [-0.4, -0.2) is 21.9 Å². The predicted octanol–water partition coefficient (Wildman–Crippen LogP) is 1.55. The van der Waals surface area contributed by atoms with Gasteiger partial charge in [-0.25, -0.2) is 4.98 Å². The molecular formula is C13H16N4O. The van der Waals surface area contributed by atoms with E-state index < -0.39 is 6.04 Å². The summed E-state index contributed by atoms with van der Waals surface area (Å²) in [6, 6.07) is 7.13. The predicted molar refractivity (Wildman–Crippen MR) is 71.0 cm³/mol. The van der Waals surface area contributed by atoms with Crippen molar-refractivity contribution in [3.8, 4) is 0 Å². The van der Waals surface area contributed by atoms with E-state index in [0.717, 1.165) is 11.0 Å². The van der Waals surface area contributed by atoms with Crippen molar-refractivity contribution >= 4 is 22.8 Å². The third kappa shape index (κ3) is 2.56. The Bertz CT molecular complexity index is 568. The van der Waals surface area contributed by atoms with Gasteiger partial charge in [-0.3, -0.25) is 9.78 Å². The molecule has 0 aliphatic carbocycles. The Hall–Kier alpha value is -2.17. The average molecular weight is 244 g/mol. The Labute approximate surface area is 105 Å². The topological polar surface area (TPSA) is 80.9 Å². The second-order valence-corrected chi connectivity index (χ2v) is 4.51. The molecule has 2 rings (SSSR count). The van der Waals surface area contributed by atoms with Gasteiger partial charge < -0.3 is 11.1 Å². The number of para-hydroxylation sites is 2. The molecule has 0 saturated carbocycles. The number of nitrogens with one attached hydrogen (secondary N) is 1. The zero-order valence-electron chi connectivity index (χ0n) is 10.4. The van der Waals surface area contributed by atoms with Crippen LogP contribution in [0.4, 0.5) is 5.82 Å². The van der Waals surface area contributed by atoms with Gasteiger partial charge in [0.2, 0.25) is 5.91 Å². The van der Waals surface area contributed by atoms with E-state index in [9.17, 15) is 4.79 Å². The molecular weight excluding hydrogens is 228 g/mol. The summed E-state index contributed by atoms with van der Waals surface area (Å²) in [6.07, 6.45) is 1.61. The molecule has 2 aromatic rings. The van der Waals surface area contributed by atoms with Crippen LogP contribution in [-0.2, 0) is 4.79 Å². The van der Waals surface area contributed by atoms with Crippen LogP contribution in [0, 0.1) is 5.92 Å². The van der Waals surface area contributed by atoms with Crippen LogP contribution in [0.15, 0.2) is 30.5 Å². The van der Waals surface area contributed by atoms with Gasteiger partial charge in [0.1, 0.15) is 11.9 Å². The number of aromatic nitrogens is 2. The van der Waals surface area contributed by atoms with Crippen molar-refractivity contribution in [2.45, 2.75) is 19.9 Å². The zero-order chi connectivity index (χ0) is 13.1. The minimum absolute atomic E-state index is 0.0933. The third-order valence-corrected chi connectivity index (χ3v) is 2.73. The van der Waals surface area contributed by atoms with E-state index in [1.807, 2.05) is 38.1 Å². The van der Waals surface area contributed by atoms with E-state index in [-0.39, 0.29) is 11.8 Å². The van der Waals surface area contributed by atoms with E-state index in [0.29, 0.717) is 5.82 Å². The molecule has 5 nitrogen and oxygen atoms in total. The van der Waals surface area contributed by atoms with E-state index in [1.165, 1.54) is 0 Å². The number of hydrogen-bond acceptors (Lipinski definition) is 4. The minimum Gasteiger partial charge on any atom is -0.368 e. The molecule has 1 aromatic heterocycles. The van der Waals surface area contributed by atoms with Gasteiger partial charge in [-0.1, -0.05) is 26.0 Å². The van der Waals surface area contributed by atoms with Crippen molar-refractivity contribution in [2.24, 2.45) is 11.7 Å². The smallest absolute Gasteiger partial charge is 0.240 e. The van der Waals surface area contributed by atoms with Crippen LogP contribution in [0.1, 0.15) is 13.8 Å². The summed E-state index contributed by atoms with van der Waals surface area (Å²) in [5, 5.41) is 3.02. The van der Waals surface area contributed by atoms with Crippen molar-refractivity contribution < 1.29 is 4.79 Å². The lowest BCUT2D eigenvalue weighted by molar-refractivity contribution is -0.119. The van der Waals surface area contributed by atoms with Gasteiger partial charge in [-0.2, -0.15) is 0 Å². The monoisotopic (exact) mass is 244 g/mol. The first-order valence-electron chi connectivity index (χ1n) is 5.85. The molecule has 0 aliphatic rings. The summed E-state index contributed by atoms with van der Waals surface area (Å²) in [5.41, 5.74) is 6.96. The molecule has 94 valence electrons. The maximum Gasteiger partial charge on any atom is 0.240 e. The lowest BCUT2D eigenvalue weighted by Crippen LogP contribution is -2.39. The SMILES string of the molecule is CC(C)C(Nc1cnc2ccccc2n1)C(N)=O. The third-order valence-electron chi connectivity index (χ3n) is 2.73. The summed E-state index contributed by atoms with van der Waals surface area (Å²) >= 11 is 0. The maximum absolute atomic E-state index is 11.3. The van der Waals surface area contributed by atoms with E-state index in [2.05, 4.69) is 15.3 Å². The number of amides is 1. The number of benzene rings is 1. The first-order valence-corrected chi connectivity index (χ1v) is 5.85. The molecule has 1 unspecified atom stereocenters. The van der Waals surface area contributed by atoms with E-state index in [4.69, 9.17) is 5.73 Å². The second kappa shape index (κ2) is 5.00. The Morgan fingerprint density at radius 3 is 2.56 bits per heavy atom. The number of carbonyl (C=O) groups is 1. The van der Waals surface area contributed by atoms with E-state index >= 15 is 0 Å². The number of rotatable bonds is 4. The summed E-state index contributed by atoms with van der Waals surface area (Å²) in [5.74, 6) is 0.266. The number of anilines is 1. The highest BCUT2D eigenvalue weighted by atomic mass is 16.1. The quantitative estimate of drug-likeness (QED) is 0.855. The highest BCUT2D eigenvalue weighted by molar-refractivity contribution is 5.83. The normalized spacial score (nSPS) is 12.6. The van der Waals surface area contributed by atoms with Crippen LogP contribution in [0.3, 0.4) is 0 Å². The molecule has 18 heavy (non-hydrogen) atoms. The molecule has 1 amide bonds. The van der Waals surface area contributed by atoms with Gasteiger partial charge in [0.15, 0.2) is 0 Å². The first kappa shape index (κ1) is 12.3. The van der Waals surface area contributed by atoms with Crippen molar-refractivity contribution in [3.05, 3.63) is 30.5 Å². The second-order valence-electron chi connectivity index (χ2n) is 4.51. The standard InChI is InChI=1S/C13H16N4O/c1-8(2)12(13(14)18)17-11-7-15-9-5-3-4-6-10(9)16-11/h3-8,12H,1-2H3,(H2,14,18)(H,16,17). The van der Waals surface area contributed by atoms with Gasteiger partial charge >= 0.3 is 0 Å². The van der Waals surface area contributed by atoms with Crippen molar-refractivity contribution in [1.82, 2.24) is 9.97 Å². The maximum atomic E-state index is 11.3. The number of fused-ring (bicyclic) bond motifs is 1. The molecule has 1 aromatic carbocycles. The Kier molecular flexibility index (Phi) is 3.41. The van der Waals surface area contributed by atoms with Crippen LogP contribution in [0.2, 0.25) is 0 Å². The fourth-order valence-electron chi connectivity index (χ4n) is 1.75. The van der Waals surface area contributed by atoms with Gasteiger partial charge in [0.25, 0.3) is 0 Å². The largest absolute Gasteiger partial charge is 0.368 e. The summed E-state index contributed by atoms with van der Waals surface area (Å²) in [4.78, 5) is 20.0. The molecule has 3 N–H and O–H groups in total. The van der Waals surface area contributed by atoms with Gasteiger partial charge in [0.05, 0.1) is 17.2 Å². The van der Waals surface area contributed by atoms with Crippen molar-refractivity contribution in [1.29, 1.82) is 0 Å². The number of nitrogens with zero attached hydrogens (tertiary/aromatic N) is 2. The lowest BCUT2D eigenvalue weighted by Gasteiger charge is -2.19. The molecule has 0 spiro atoms. The van der Waals surface area contributed by atoms with Crippen molar-refractivity contribution in [3.63, 3.8) is 0 Å². The molecule has 1 atom stereocenters. The Morgan fingerprint density at radius 1 is 1.28 bits per heavy atom. The van der Waals surface area contributed by atoms with Crippen LogP contribution >= 0.6 is 0 Å². The average Bonchev–Trinajstić information content (AvgIpc) is 2.35. The molecule has 0 aliphatic heterocycles. The number of primary amides is 1. The Balaban J connectivity index is 2.28. The van der Waals surface area contributed by atoms with E-state index in [1.54, 1.807) is 6.20 Å². The minimum atomic E-state index is -0.444. The van der Waals surface area contributed by atoms with Gasteiger partial charge in [-0.05, 0) is 18.1 Å². The van der Waals surface area contributed by atoms with Crippen LogP contribution < -0.4 is 11.1 Å². The highest BCUT2D eigenvalue weighted by Gasteiger charge is 2.19. The number of hydrogen-bond donors (Lipinski definition) is 2. The summed E-state index contributed by atoms with van der Waals surface area (Å²) in [6.45, 7) is 3.85. The molecule has 0 bridgehead atoms. The van der Waals surface area contributed by atoms with Gasteiger partial charge in [-0.15, -0.1) is 0 Å². The summed E-state index contributed by atoms with van der Waals surface area (Å²) in [7, 11) is 0. The molecule has 0 radical (unpaired) electrons. The van der Waals surface area contributed by atoms with Crippen molar-refractivity contribution in [2.75, 3.05) is 5.32 Å². The summed E-state index contributed by atoms with van der Waals surface area (Å²) < 4.78 is 0.